The molecule has 2 rings (SSSR count). The molecule has 0 aliphatic rings. The van der Waals surface area contributed by atoms with Crippen LogP contribution in [0, 0.1) is 13.8 Å². The van der Waals surface area contributed by atoms with Gasteiger partial charge in [-0.1, -0.05) is 29.8 Å². The van der Waals surface area contributed by atoms with E-state index in [9.17, 15) is 4.79 Å². The molecule has 0 aliphatic carbocycles. The summed E-state index contributed by atoms with van der Waals surface area (Å²) in [5.41, 5.74) is 2.81. The second-order valence-corrected chi connectivity index (χ2v) is 4.85. The summed E-state index contributed by atoms with van der Waals surface area (Å²) in [5.74, 6) is 0.355. The Bertz CT molecular complexity index is 639. The Labute approximate surface area is 117 Å². The summed E-state index contributed by atoms with van der Waals surface area (Å²) in [6.45, 7) is 3.84. The molecule has 0 spiro atoms. The van der Waals surface area contributed by atoms with E-state index in [0.717, 1.165) is 17.0 Å². The van der Waals surface area contributed by atoms with Crippen LogP contribution in [0.3, 0.4) is 0 Å². The Morgan fingerprint density at radius 2 is 1.89 bits per heavy atom. The molecule has 1 heterocycles. The van der Waals surface area contributed by atoms with Crippen LogP contribution in [0.25, 0.3) is 6.08 Å². The number of hydrogen-bond acceptors (Lipinski definition) is 2. The van der Waals surface area contributed by atoms with Gasteiger partial charge in [-0.25, -0.2) is 4.98 Å². The fourth-order valence-electron chi connectivity index (χ4n) is 1.76. The van der Waals surface area contributed by atoms with Gasteiger partial charge in [0.05, 0.1) is 5.69 Å². The van der Waals surface area contributed by atoms with Crippen LogP contribution in [0.5, 0.6) is 0 Å². The Balaban J connectivity index is 2.21. The largest absolute Gasteiger partial charge is 0.328 e. The maximum Gasteiger partial charge on any atom is 0.221 e. The van der Waals surface area contributed by atoms with Crippen molar-refractivity contribution >= 4 is 23.5 Å². The highest BCUT2D eigenvalue weighted by Gasteiger charge is 2.12. The Hall–Kier alpha value is -1.87. The molecule has 0 radical (unpaired) electrons. The minimum Gasteiger partial charge on any atom is -0.328 e. The number of ketones is 1. The van der Waals surface area contributed by atoms with E-state index in [1.54, 1.807) is 18.2 Å². The van der Waals surface area contributed by atoms with Crippen molar-refractivity contribution in [2.45, 2.75) is 13.8 Å². The zero-order chi connectivity index (χ0) is 14.0. The lowest BCUT2D eigenvalue weighted by Crippen LogP contribution is -2.05. The number of carbonyl (C=O) groups excluding carboxylic acids is 1. The van der Waals surface area contributed by atoms with Crippen LogP contribution in [-0.2, 0) is 7.05 Å². The van der Waals surface area contributed by atoms with Crippen LogP contribution in [0.2, 0.25) is 5.02 Å². The smallest absolute Gasteiger partial charge is 0.221 e. The first kappa shape index (κ1) is 13.6. The van der Waals surface area contributed by atoms with Gasteiger partial charge < -0.3 is 4.57 Å². The third-order valence-corrected chi connectivity index (χ3v) is 3.39. The molecular weight excluding hydrogens is 260 g/mol. The van der Waals surface area contributed by atoms with Crippen LogP contribution in [0.15, 0.2) is 30.3 Å². The number of rotatable bonds is 3. The lowest BCUT2D eigenvalue weighted by molar-refractivity contribution is 0.103. The third-order valence-electron chi connectivity index (χ3n) is 3.14. The second-order valence-electron chi connectivity index (χ2n) is 4.41. The standard InChI is InChI=1S/C15H15ClN2O/c1-10-11(2)18(3)15(17-10)14(19)9-6-12-4-7-13(16)8-5-12/h4-9H,1-3H3/b9-6+. The highest BCUT2D eigenvalue weighted by molar-refractivity contribution is 6.30. The molecule has 98 valence electrons. The van der Waals surface area contributed by atoms with E-state index in [4.69, 9.17) is 11.6 Å². The van der Waals surface area contributed by atoms with Crippen LogP contribution in [-0.4, -0.2) is 15.3 Å². The highest BCUT2D eigenvalue weighted by atomic mass is 35.5. The number of benzene rings is 1. The SMILES string of the molecule is Cc1nc(C(=O)/C=C/c2ccc(Cl)cc2)n(C)c1C. The normalized spacial score (nSPS) is 11.2. The van der Waals surface area contributed by atoms with E-state index >= 15 is 0 Å². The van der Waals surface area contributed by atoms with Crippen molar-refractivity contribution in [1.29, 1.82) is 0 Å². The van der Waals surface area contributed by atoms with Crippen molar-refractivity contribution in [2.24, 2.45) is 7.05 Å². The number of hydrogen-bond donors (Lipinski definition) is 0. The van der Waals surface area contributed by atoms with Gasteiger partial charge in [0.2, 0.25) is 5.78 Å². The fraction of sp³-hybridized carbons (Fsp3) is 0.200. The molecule has 0 aliphatic heterocycles. The van der Waals surface area contributed by atoms with Crippen LogP contribution in [0.1, 0.15) is 27.6 Å². The van der Waals surface area contributed by atoms with Gasteiger partial charge in [0.25, 0.3) is 0 Å². The van der Waals surface area contributed by atoms with Crippen molar-refractivity contribution < 1.29 is 4.79 Å². The zero-order valence-electron chi connectivity index (χ0n) is 11.1. The summed E-state index contributed by atoms with van der Waals surface area (Å²) >= 11 is 5.81. The van der Waals surface area contributed by atoms with Crippen LogP contribution >= 0.6 is 11.6 Å². The molecule has 0 bridgehead atoms. The highest BCUT2D eigenvalue weighted by Crippen LogP contribution is 2.12. The molecule has 0 unspecified atom stereocenters. The molecule has 0 saturated carbocycles. The molecule has 1 aromatic carbocycles. The van der Waals surface area contributed by atoms with Crippen molar-refractivity contribution in [3.8, 4) is 0 Å². The van der Waals surface area contributed by atoms with Crippen LogP contribution < -0.4 is 0 Å². The van der Waals surface area contributed by atoms with Gasteiger partial charge in [0, 0.05) is 17.8 Å². The van der Waals surface area contributed by atoms with Crippen molar-refractivity contribution in [3.63, 3.8) is 0 Å². The van der Waals surface area contributed by atoms with Gasteiger partial charge in [-0.05, 0) is 37.6 Å². The van der Waals surface area contributed by atoms with Crippen LogP contribution in [0.4, 0.5) is 0 Å². The average Bonchev–Trinajstić information content (AvgIpc) is 2.65. The predicted molar refractivity (Wildman–Crippen MR) is 77.5 cm³/mol. The van der Waals surface area contributed by atoms with E-state index in [1.807, 2.05) is 37.6 Å². The van der Waals surface area contributed by atoms with Gasteiger partial charge in [-0.2, -0.15) is 0 Å². The minimum absolute atomic E-state index is 0.103. The van der Waals surface area contributed by atoms with E-state index < -0.39 is 0 Å². The third kappa shape index (κ3) is 2.93. The van der Waals surface area contributed by atoms with Crippen molar-refractivity contribution in [1.82, 2.24) is 9.55 Å². The Kier molecular flexibility index (Phi) is 3.86. The van der Waals surface area contributed by atoms with Gasteiger partial charge >= 0.3 is 0 Å². The molecule has 4 heteroatoms. The Morgan fingerprint density at radius 3 is 2.42 bits per heavy atom. The summed E-state index contributed by atoms with van der Waals surface area (Å²) in [4.78, 5) is 16.4. The lowest BCUT2D eigenvalue weighted by atomic mass is 10.2. The first-order valence-corrected chi connectivity index (χ1v) is 6.34. The molecule has 0 N–H and O–H groups in total. The number of carbonyl (C=O) groups is 1. The van der Waals surface area contributed by atoms with E-state index in [0.29, 0.717) is 10.8 Å². The minimum atomic E-state index is -0.103. The van der Waals surface area contributed by atoms with Gasteiger partial charge in [0.1, 0.15) is 0 Å². The number of aromatic nitrogens is 2. The molecular formula is C15H15ClN2O. The quantitative estimate of drug-likeness (QED) is 0.633. The van der Waals surface area contributed by atoms with Crippen molar-refractivity contribution in [2.75, 3.05) is 0 Å². The number of nitrogens with zero attached hydrogens (tertiary/aromatic N) is 2. The maximum absolute atomic E-state index is 12.1. The molecule has 1 aromatic heterocycles. The van der Waals surface area contributed by atoms with E-state index in [1.165, 1.54) is 6.08 Å². The number of allylic oxidation sites excluding steroid dienone is 1. The second kappa shape index (κ2) is 5.41. The summed E-state index contributed by atoms with van der Waals surface area (Å²) < 4.78 is 1.81. The summed E-state index contributed by atoms with van der Waals surface area (Å²) in [5, 5.41) is 0.679. The zero-order valence-corrected chi connectivity index (χ0v) is 11.9. The van der Waals surface area contributed by atoms with Gasteiger partial charge in [-0.15, -0.1) is 0 Å². The Morgan fingerprint density at radius 1 is 1.26 bits per heavy atom. The van der Waals surface area contributed by atoms with E-state index in [2.05, 4.69) is 4.98 Å². The number of halogens is 1. The number of imidazole rings is 1. The molecule has 0 saturated heterocycles. The van der Waals surface area contributed by atoms with Gasteiger partial charge in [0.15, 0.2) is 5.82 Å². The summed E-state index contributed by atoms with van der Waals surface area (Å²) in [6, 6.07) is 7.31. The molecule has 0 fully saturated rings. The molecule has 0 atom stereocenters. The summed E-state index contributed by atoms with van der Waals surface area (Å²) in [7, 11) is 1.85. The van der Waals surface area contributed by atoms with Gasteiger partial charge in [-0.3, -0.25) is 4.79 Å². The fourth-order valence-corrected chi connectivity index (χ4v) is 1.88. The topological polar surface area (TPSA) is 34.9 Å². The monoisotopic (exact) mass is 274 g/mol. The molecule has 0 amide bonds. The summed E-state index contributed by atoms with van der Waals surface area (Å²) in [6.07, 6.45) is 3.29. The first-order valence-electron chi connectivity index (χ1n) is 5.97. The predicted octanol–water partition coefficient (Wildman–Crippen LogP) is 3.59. The molecule has 19 heavy (non-hydrogen) atoms. The van der Waals surface area contributed by atoms with Crippen molar-refractivity contribution in [3.05, 3.63) is 58.1 Å². The maximum atomic E-state index is 12.1. The number of aryl methyl sites for hydroxylation is 1. The molecule has 3 nitrogen and oxygen atoms in total. The first-order chi connectivity index (χ1) is 8.99. The van der Waals surface area contributed by atoms with E-state index in [-0.39, 0.29) is 5.78 Å². The molecule has 2 aromatic rings. The average molecular weight is 275 g/mol. The lowest BCUT2D eigenvalue weighted by Gasteiger charge is -1.99.